The summed E-state index contributed by atoms with van der Waals surface area (Å²) in [5.74, 6) is -0.893. The van der Waals surface area contributed by atoms with Crippen LogP contribution in [-0.2, 0) is 0 Å². The molecule has 0 atom stereocenters. The van der Waals surface area contributed by atoms with Crippen molar-refractivity contribution in [3.05, 3.63) is 47.7 Å². The fourth-order valence-corrected chi connectivity index (χ4v) is 1.71. The zero-order valence-electron chi connectivity index (χ0n) is 11.2. The summed E-state index contributed by atoms with van der Waals surface area (Å²) in [6.07, 6.45) is 1.35. The maximum atomic E-state index is 11.0. The first kappa shape index (κ1) is 14.3. The molecular formula is C14H13N3O4. The molecule has 0 spiro atoms. The molecule has 0 saturated carbocycles. The van der Waals surface area contributed by atoms with Crippen LogP contribution in [0, 0.1) is 0 Å². The number of benzene rings is 1. The number of aromatic nitrogens is 1. The van der Waals surface area contributed by atoms with Crippen LogP contribution in [0.25, 0.3) is 0 Å². The Morgan fingerprint density at radius 2 is 2.05 bits per heavy atom. The molecular weight excluding hydrogens is 274 g/mol. The standard InChI is InChI=1S/C14H13N3O4/c1-21-11-6-9(3-4-10(11)14(19)20)17-12-5-2-8(7-16-12)13(15)18/h2-7H,1H3,(H2,15,18)(H,16,17)(H,19,20). The van der Waals surface area contributed by atoms with Crippen LogP contribution in [0.1, 0.15) is 20.7 Å². The average molecular weight is 287 g/mol. The van der Waals surface area contributed by atoms with Crippen molar-refractivity contribution in [3.8, 4) is 5.75 Å². The molecule has 7 nitrogen and oxygen atoms in total. The highest BCUT2D eigenvalue weighted by atomic mass is 16.5. The highest BCUT2D eigenvalue weighted by Gasteiger charge is 2.11. The lowest BCUT2D eigenvalue weighted by Crippen LogP contribution is -2.11. The largest absolute Gasteiger partial charge is 0.496 e. The Morgan fingerprint density at radius 1 is 1.29 bits per heavy atom. The number of nitrogens with two attached hydrogens (primary N) is 1. The van der Waals surface area contributed by atoms with Crippen LogP contribution >= 0.6 is 0 Å². The predicted octanol–water partition coefficient (Wildman–Crippen LogP) is 1.63. The molecule has 0 aliphatic rings. The lowest BCUT2D eigenvalue weighted by molar-refractivity contribution is 0.0693. The van der Waals surface area contributed by atoms with Gasteiger partial charge >= 0.3 is 5.97 Å². The molecule has 21 heavy (non-hydrogen) atoms. The Balaban J connectivity index is 2.23. The van der Waals surface area contributed by atoms with E-state index in [4.69, 9.17) is 15.6 Å². The third-order valence-corrected chi connectivity index (χ3v) is 2.75. The summed E-state index contributed by atoms with van der Waals surface area (Å²) in [5.41, 5.74) is 6.11. The number of hydrogen-bond acceptors (Lipinski definition) is 5. The van der Waals surface area contributed by atoms with E-state index >= 15 is 0 Å². The highest BCUT2D eigenvalue weighted by Crippen LogP contribution is 2.25. The molecule has 2 rings (SSSR count). The number of primary amides is 1. The first-order chi connectivity index (χ1) is 10.0. The number of carbonyl (C=O) groups is 2. The van der Waals surface area contributed by atoms with Crippen LogP contribution in [0.4, 0.5) is 11.5 Å². The van der Waals surface area contributed by atoms with Gasteiger partial charge in [-0.15, -0.1) is 0 Å². The van der Waals surface area contributed by atoms with Gasteiger partial charge in [-0.05, 0) is 24.3 Å². The van der Waals surface area contributed by atoms with Crippen LogP contribution in [-0.4, -0.2) is 29.1 Å². The van der Waals surface area contributed by atoms with Gasteiger partial charge in [-0.1, -0.05) is 0 Å². The van der Waals surface area contributed by atoms with Gasteiger partial charge in [0.2, 0.25) is 5.91 Å². The minimum Gasteiger partial charge on any atom is -0.496 e. The molecule has 0 fully saturated rings. The van der Waals surface area contributed by atoms with Gasteiger partial charge < -0.3 is 20.9 Å². The molecule has 0 unspecified atom stereocenters. The summed E-state index contributed by atoms with van der Waals surface area (Å²) in [6, 6.07) is 7.71. The van der Waals surface area contributed by atoms with Crippen molar-refractivity contribution in [1.29, 1.82) is 0 Å². The number of rotatable bonds is 5. The molecule has 0 aliphatic carbocycles. The van der Waals surface area contributed by atoms with E-state index in [-0.39, 0.29) is 11.3 Å². The lowest BCUT2D eigenvalue weighted by Gasteiger charge is -2.09. The summed E-state index contributed by atoms with van der Waals surface area (Å²) in [7, 11) is 1.39. The zero-order valence-corrected chi connectivity index (χ0v) is 11.2. The van der Waals surface area contributed by atoms with E-state index in [9.17, 15) is 9.59 Å². The van der Waals surface area contributed by atoms with Crippen molar-refractivity contribution in [2.45, 2.75) is 0 Å². The van der Waals surface area contributed by atoms with E-state index < -0.39 is 11.9 Å². The maximum Gasteiger partial charge on any atom is 0.339 e. The Kier molecular flexibility index (Phi) is 4.03. The second-order valence-electron chi connectivity index (χ2n) is 4.14. The number of nitrogens with zero attached hydrogens (tertiary/aromatic N) is 1. The molecule has 0 radical (unpaired) electrons. The number of methoxy groups -OCH3 is 1. The molecule has 0 saturated heterocycles. The zero-order chi connectivity index (χ0) is 15.4. The monoisotopic (exact) mass is 287 g/mol. The second kappa shape index (κ2) is 5.91. The number of pyridine rings is 1. The molecule has 1 heterocycles. The second-order valence-corrected chi connectivity index (χ2v) is 4.14. The van der Waals surface area contributed by atoms with Crippen molar-refractivity contribution < 1.29 is 19.4 Å². The minimum absolute atomic E-state index is 0.0695. The van der Waals surface area contributed by atoms with Crippen LogP contribution in [0.3, 0.4) is 0 Å². The van der Waals surface area contributed by atoms with Gasteiger partial charge in [-0.3, -0.25) is 4.79 Å². The van der Waals surface area contributed by atoms with Gasteiger partial charge in [0.25, 0.3) is 0 Å². The van der Waals surface area contributed by atoms with E-state index in [1.54, 1.807) is 24.3 Å². The Hall–Kier alpha value is -3.09. The molecule has 1 aromatic carbocycles. The minimum atomic E-state index is -1.07. The van der Waals surface area contributed by atoms with Crippen molar-refractivity contribution in [3.63, 3.8) is 0 Å². The number of carbonyl (C=O) groups excluding carboxylic acids is 1. The molecule has 0 aliphatic heterocycles. The molecule has 4 N–H and O–H groups in total. The summed E-state index contributed by atoms with van der Waals surface area (Å²) < 4.78 is 5.03. The van der Waals surface area contributed by atoms with Gasteiger partial charge in [0.15, 0.2) is 0 Å². The fraction of sp³-hybridized carbons (Fsp3) is 0.0714. The quantitative estimate of drug-likeness (QED) is 0.770. The number of ether oxygens (including phenoxy) is 1. The van der Waals surface area contributed by atoms with Crippen LogP contribution in [0.2, 0.25) is 0 Å². The third-order valence-electron chi connectivity index (χ3n) is 2.75. The Labute approximate surface area is 120 Å². The first-order valence-corrected chi connectivity index (χ1v) is 5.95. The predicted molar refractivity (Wildman–Crippen MR) is 76.0 cm³/mol. The van der Waals surface area contributed by atoms with Gasteiger partial charge in [-0.2, -0.15) is 0 Å². The van der Waals surface area contributed by atoms with Gasteiger partial charge in [0, 0.05) is 18.0 Å². The van der Waals surface area contributed by atoms with E-state index in [0.717, 1.165) is 0 Å². The smallest absolute Gasteiger partial charge is 0.339 e. The number of amides is 1. The van der Waals surface area contributed by atoms with E-state index in [0.29, 0.717) is 17.1 Å². The Bertz CT molecular complexity index is 683. The summed E-state index contributed by atoms with van der Waals surface area (Å²) in [4.78, 5) is 26.0. The number of carboxylic acid groups (broad SMARTS) is 1. The molecule has 2 aromatic rings. The van der Waals surface area contributed by atoms with Crippen molar-refractivity contribution in [1.82, 2.24) is 4.98 Å². The first-order valence-electron chi connectivity index (χ1n) is 5.95. The number of nitrogens with one attached hydrogen (secondary N) is 1. The highest BCUT2D eigenvalue weighted by molar-refractivity contribution is 5.93. The number of anilines is 2. The van der Waals surface area contributed by atoms with Crippen molar-refractivity contribution >= 4 is 23.4 Å². The van der Waals surface area contributed by atoms with Crippen LogP contribution in [0.15, 0.2) is 36.5 Å². The number of hydrogen-bond donors (Lipinski definition) is 3. The van der Waals surface area contributed by atoms with Crippen molar-refractivity contribution in [2.75, 3.05) is 12.4 Å². The molecule has 7 heteroatoms. The van der Waals surface area contributed by atoms with E-state index in [1.807, 2.05) is 0 Å². The number of aromatic carboxylic acids is 1. The maximum absolute atomic E-state index is 11.0. The van der Waals surface area contributed by atoms with Crippen LogP contribution < -0.4 is 15.8 Å². The molecule has 0 bridgehead atoms. The summed E-state index contributed by atoms with van der Waals surface area (Å²) in [6.45, 7) is 0. The Morgan fingerprint density at radius 3 is 2.57 bits per heavy atom. The summed E-state index contributed by atoms with van der Waals surface area (Å²) >= 11 is 0. The SMILES string of the molecule is COc1cc(Nc2ccc(C(N)=O)cn2)ccc1C(=O)O. The third kappa shape index (κ3) is 3.27. The lowest BCUT2D eigenvalue weighted by atomic mass is 10.2. The van der Waals surface area contributed by atoms with Gasteiger partial charge in [0.1, 0.15) is 17.1 Å². The van der Waals surface area contributed by atoms with Crippen LogP contribution in [0.5, 0.6) is 5.75 Å². The fourth-order valence-electron chi connectivity index (χ4n) is 1.71. The van der Waals surface area contributed by atoms with Gasteiger partial charge in [-0.25, -0.2) is 9.78 Å². The normalized spacial score (nSPS) is 9.95. The molecule has 1 amide bonds. The van der Waals surface area contributed by atoms with E-state index in [1.165, 1.54) is 19.4 Å². The molecule has 1 aromatic heterocycles. The topological polar surface area (TPSA) is 115 Å². The van der Waals surface area contributed by atoms with Gasteiger partial charge in [0.05, 0.1) is 12.7 Å². The number of carboxylic acids is 1. The van der Waals surface area contributed by atoms with Crippen molar-refractivity contribution in [2.24, 2.45) is 5.73 Å². The summed E-state index contributed by atoms with van der Waals surface area (Å²) in [5, 5.41) is 12.0. The average Bonchev–Trinajstić information content (AvgIpc) is 2.47. The van der Waals surface area contributed by atoms with E-state index in [2.05, 4.69) is 10.3 Å². The molecule has 108 valence electrons.